The fourth-order valence-corrected chi connectivity index (χ4v) is 1.85. The van der Waals surface area contributed by atoms with Crippen molar-refractivity contribution < 1.29 is 9.18 Å². The smallest absolute Gasteiger partial charge is 0.167 e. The minimum atomic E-state index is -0.490. The molecule has 1 aromatic carbocycles. The standard InChI is InChI=1S/C13H8Cl2FNO/c14-10-2-1-8(11(16)7-10)5-12(18)9-3-4-17-13(15)6-9/h1-4,6-7H,5H2. The number of halogens is 3. The van der Waals surface area contributed by atoms with Gasteiger partial charge in [-0.1, -0.05) is 29.3 Å². The van der Waals surface area contributed by atoms with Crippen molar-refractivity contribution in [3.63, 3.8) is 0 Å². The molecule has 2 nitrogen and oxygen atoms in total. The van der Waals surface area contributed by atoms with Crippen LogP contribution in [0.2, 0.25) is 10.2 Å². The molecule has 0 atom stereocenters. The van der Waals surface area contributed by atoms with Gasteiger partial charge in [0.1, 0.15) is 11.0 Å². The summed E-state index contributed by atoms with van der Waals surface area (Å²) in [5, 5.41) is 0.535. The Morgan fingerprint density at radius 2 is 2.00 bits per heavy atom. The average Bonchev–Trinajstić information content (AvgIpc) is 2.32. The van der Waals surface area contributed by atoms with Gasteiger partial charge in [-0.05, 0) is 29.8 Å². The maximum Gasteiger partial charge on any atom is 0.167 e. The van der Waals surface area contributed by atoms with Crippen molar-refractivity contribution in [1.82, 2.24) is 4.98 Å². The van der Waals surface area contributed by atoms with E-state index in [2.05, 4.69) is 4.98 Å². The van der Waals surface area contributed by atoms with E-state index in [1.54, 1.807) is 12.1 Å². The summed E-state index contributed by atoms with van der Waals surface area (Å²) in [5.41, 5.74) is 0.710. The summed E-state index contributed by atoms with van der Waals surface area (Å²) >= 11 is 11.3. The molecule has 18 heavy (non-hydrogen) atoms. The van der Waals surface area contributed by atoms with Crippen LogP contribution >= 0.6 is 23.2 Å². The van der Waals surface area contributed by atoms with Gasteiger partial charge in [0.15, 0.2) is 5.78 Å². The molecule has 2 rings (SSSR count). The molecule has 0 radical (unpaired) electrons. The summed E-state index contributed by atoms with van der Waals surface area (Å²) in [6.07, 6.45) is 1.40. The molecule has 0 saturated carbocycles. The van der Waals surface area contributed by atoms with E-state index in [1.165, 1.54) is 24.4 Å². The second-order valence-corrected chi connectivity index (χ2v) is 4.53. The molecule has 0 fully saturated rings. The Morgan fingerprint density at radius 3 is 2.67 bits per heavy atom. The number of hydrogen-bond acceptors (Lipinski definition) is 2. The number of Topliss-reactive ketones (excluding diaryl/α,β-unsaturated/α-hetero) is 1. The molecule has 0 amide bonds. The zero-order chi connectivity index (χ0) is 13.1. The van der Waals surface area contributed by atoms with E-state index in [0.717, 1.165) is 0 Å². The highest BCUT2D eigenvalue weighted by Gasteiger charge is 2.11. The van der Waals surface area contributed by atoms with Crippen LogP contribution in [0.4, 0.5) is 4.39 Å². The minimum absolute atomic E-state index is 0.0383. The summed E-state index contributed by atoms with van der Waals surface area (Å²) in [4.78, 5) is 15.7. The molecule has 2 aromatic rings. The van der Waals surface area contributed by atoms with Crippen LogP contribution in [0.25, 0.3) is 0 Å². The third-order valence-electron chi connectivity index (χ3n) is 2.41. The Morgan fingerprint density at radius 1 is 1.22 bits per heavy atom. The Hall–Kier alpha value is -1.45. The van der Waals surface area contributed by atoms with Crippen molar-refractivity contribution in [2.45, 2.75) is 6.42 Å². The van der Waals surface area contributed by atoms with Gasteiger partial charge in [-0.2, -0.15) is 0 Å². The molecule has 0 spiro atoms. The lowest BCUT2D eigenvalue weighted by atomic mass is 10.0. The molecular weight excluding hydrogens is 276 g/mol. The predicted molar refractivity (Wildman–Crippen MR) is 68.7 cm³/mol. The Kier molecular flexibility index (Phi) is 3.94. The fourth-order valence-electron chi connectivity index (χ4n) is 1.52. The van der Waals surface area contributed by atoms with Gasteiger partial charge in [0.2, 0.25) is 0 Å². The number of rotatable bonds is 3. The molecule has 0 N–H and O–H groups in total. The first kappa shape index (κ1) is 13.0. The lowest BCUT2D eigenvalue weighted by molar-refractivity contribution is 0.0991. The predicted octanol–water partition coefficient (Wildman–Crippen LogP) is 3.95. The maximum absolute atomic E-state index is 13.5. The number of carbonyl (C=O) groups is 1. The molecule has 0 unspecified atom stereocenters. The molecule has 92 valence electrons. The molecule has 0 aliphatic carbocycles. The third-order valence-corrected chi connectivity index (χ3v) is 2.86. The van der Waals surface area contributed by atoms with Gasteiger partial charge < -0.3 is 0 Å². The van der Waals surface area contributed by atoms with E-state index in [4.69, 9.17) is 23.2 Å². The summed E-state index contributed by atoms with van der Waals surface area (Å²) in [6, 6.07) is 7.23. The van der Waals surface area contributed by atoms with Crippen LogP contribution in [0.15, 0.2) is 36.5 Å². The first-order valence-electron chi connectivity index (χ1n) is 5.15. The van der Waals surface area contributed by atoms with E-state index in [9.17, 15) is 9.18 Å². The Labute approximate surface area is 113 Å². The van der Waals surface area contributed by atoms with E-state index in [-0.39, 0.29) is 17.4 Å². The maximum atomic E-state index is 13.5. The Bertz CT molecular complexity index is 601. The quantitative estimate of drug-likeness (QED) is 0.631. The number of aromatic nitrogens is 1. The highest BCUT2D eigenvalue weighted by atomic mass is 35.5. The van der Waals surface area contributed by atoms with Crippen molar-refractivity contribution in [3.8, 4) is 0 Å². The molecule has 5 heteroatoms. The van der Waals surface area contributed by atoms with E-state index in [1.807, 2.05) is 0 Å². The van der Waals surface area contributed by atoms with Gasteiger partial charge in [0.05, 0.1) is 0 Å². The highest BCUT2D eigenvalue weighted by molar-refractivity contribution is 6.30. The van der Waals surface area contributed by atoms with Gasteiger partial charge in [-0.15, -0.1) is 0 Å². The summed E-state index contributed by atoms with van der Waals surface area (Å²) in [7, 11) is 0. The topological polar surface area (TPSA) is 30.0 Å². The second-order valence-electron chi connectivity index (χ2n) is 3.70. The summed E-state index contributed by atoms with van der Waals surface area (Å²) in [6.45, 7) is 0. The summed E-state index contributed by atoms with van der Waals surface area (Å²) in [5.74, 6) is -0.712. The van der Waals surface area contributed by atoms with Crippen LogP contribution in [-0.4, -0.2) is 10.8 Å². The molecule has 0 aliphatic rings. The van der Waals surface area contributed by atoms with E-state index in [0.29, 0.717) is 16.1 Å². The highest BCUT2D eigenvalue weighted by Crippen LogP contribution is 2.17. The first-order valence-corrected chi connectivity index (χ1v) is 5.90. The Balaban J connectivity index is 2.21. The fraction of sp³-hybridized carbons (Fsp3) is 0.0769. The summed E-state index contributed by atoms with van der Waals surface area (Å²) < 4.78 is 13.5. The van der Waals surface area contributed by atoms with Crippen LogP contribution in [0, 0.1) is 5.82 Å². The van der Waals surface area contributed by atoms with Crippen molar-refractivity contribution in [3.05, 3.63) is 63.6 Å². The molecular formula is C13H8Cl2FNO. The average molecular weight is 284 g/mol. The molecule has 1 aromatic heterocycles. The van der Waals surface area contributed by atoms with E-state index < -0.39 is 5.82 Å². The molecule has 0 aliphatic heterocycles. The van der Waals surface area contributed by atoms with Gasteiger partial charge >= 0.3 is 0 Å². The third kappa shape index (κ3) is 3.06. The van der Waals surface area contributed by atoms with Gasteiger partial charge in [0, 0.05) is 23.2 Å². The van der Waals surface area contributed by atoms with Gasteiger partial charge in [0.25, 0.3) is 0 Å². The number of benzene rings is 1. The van der Waals surface area contributed by atoms with Crippen molar-refractivity contribution in [1.29, 1.82) is 0 Å². The SMILES string of the molecule is O=C(Cc1ccc(Cl)cc1F)c1ccnc(Cl)c1. The second kappa shape index (κ2) is 5.46. The first-order chi connectivity index (χ1) is 8.56. The number of ketones is 1. The van der Waals surface area contributed by atoms with Crippen molar-refractivity contribution >= 4 is 29.0 Å². The lowest BCUT2D eigenvalue weighted by Gasteiger charge is -2.03. The van der Waals surface area contributed by atoms with Crippen LogP contribution in [0.1, 0.15) is 15.9 Å². The van der Waals surface area contributed by atoms with Crippen molar-refractivity contribution in [2.75, 3.05) is 0 Å². The van der Waals surface area contributed by atoms with Crippen LogP contribution in [0.5, 0.6) is 0 Å². The number of nitrogens with zero attached hydrogens (tertiary/aromatic N) is 1. The van der Waals surface area contributed by atoms with Crippen LogP contribution in [0.3, 0.4) is 0 Å². The normalized spacial score (nSPS) is 10.4. The lowest BCUT2D eigenvalue weighted by Crippen LogP contribution is -2.05. The number of hydrogen-bond donors (Lipinski definition) is 0. The van der Waals surface area contributed by atoms with Gasteiger partial charge in [-0.25, -0.2) is 9.37 Å². The zero-order valence-corrected chi connectivity index (χ0v) is 10.7. The zero-order valence-electron chi connectivity index (χ0n) is 9.16. The van der Waals surface area contributed by atoms with Gasteiger partial charge in [-0.3, -0.25) is 4.79 Å². The molecule has 1 heterocycles. The monoisotopic (exact) mass is 283 g/mol. The largest absolute Gasteiger partial charge is 0.294 e. The molecule has 0 saturated heterocycles. The molecule has 0 bridgehead atoms. The van der Waals surface area contributed by atoms with Crippen molar-refractivity contribution in [2.24, 2.45) is 0 Å². The van der Waals surface area contributed by atoms with Crippen LogP contribution in [-0.2, 0) is 6.42 Å². The minimum Gasteiger partial charge on any atom is -0.294 e. The van der Waals surface area contributed by atoms with Crippen LogP contribution < -0.4 is 0 Å². The number of pyridine rings is 1. The van der Waals surface area contributed by atoms with E-state index >= 15 is 0 Å². The number of carbonyl (C=O) groups excluding carboxylic acids is 1.